The number of pyridine rings is 2. The number of hydrogen-bond donors (Lipinski definition) is 2. The van der Waals surface area contributed by atoms with Crippen molar-refractivity contribution < 1.29 is 13.2 Å². The Morgan fingerprint density at radius 3 is 2.47 bits per heavy atom. The number of aryl methyl sites for hydroxylation is 1. The van der Waals surface area contributed by atoms with Crippen LogP contribution < -0.4 is 15.2 Å². The molecular weight excluding hydrogens is 452 g/mol. The summed E-state index contributed by atoms with van der Waals surface area (Å²) in [4.78, 5) is 33.9. The maximum Gasteiger partial charge on any atom is 0.269 e. The highest BCUT2D eigenvalue weighted by Crippen LogP contribution is 2.39. The number of amides is 1. The monoisotopic (exact) mass is 480 g/mol. The third kappa shape index (κ3) is 4.35. The minimum absolute atomic E-state index is 0.133. The van der Waals surface area contributed by atoms with Crippen molar-refractivity contribution in [2.24, 2.45) is 5.92 Å². The first-order chi connectivity index (χ1) is 16.0. The van der Waals surface area contributed by atoms with Crippen molar-refractivity contribution in [3.63, 3.8) is 0 Å². The van der Waals surface area contributed by atoms with E-state index in [4.69, 9.17) is 4.98 Å². The van der Waals surface area contributed by atoms with Crippen molar-refractivity contribution >= 4 is 21.7 Å². The number of benzene rings is 1. The molecule has 0 radical (unpaired) electrons. The van der Waals surface area contributed by atoms with Crippen LogP contribution in [0.15, 0.2) is 64.4 Å². The molecule has 2 aromatic heterocycles. The molecule has 34 heavy (non-hydrogen) atoms. The lowest BCUT2D eigenvalue weighted by Crippen LogP contribution is -2.44. The molecule has 3 heterocycles. The summed E-state index contributed by atoms with van der Waals surface area (Å²) in [6.07, 6.45) is 2.24. The third-order valence-electron chi connectivity index (χ3n) is 6.71. The summed E-state index contributed by atoms with van der Waals surface area (Å²) in [5.41, 5.74) is 1.75. The average Bonchev–Trinajstić information content (AvgIpc) is 3.05. The van der Waals surface area contributed by atoms with Gasteiger partial charge in [0.2, 0.25) is 0 Å². The van der Waals surface area contributed by atoms with E-state index in [0.29, 0.717) is 24.0 Å². The number of anilines is 1. The van der Waals surface area contributed by atoms with Crippen molar-refractivity contribution in [3.8, 4) is 11.3 Å². The van der Waals surface area contributed by atoms with Crippen LogP contribution in [-0.2, 0) is 10.0 Å². The lowest BCUT2D eigenvalue weighted by atomic mass is 9.90. The van der Waals surface area contributed by atoms with Gasteiger partial charge in [0.1, 0.15) is 5.82 Å². The number of carbonyl (C=O) groups is 1. The molecule has 1 amide bonds. The van der Waals surface area contributed by atoms with E-state index >= 15 is 0 Å². The first-order valence-electron chi connectivity index (χ1n) is 11.1. The van der Waals surface area contributed by atoms with Gasteiger partial charge in [0.05, 0.1) is 11.3 Å². The molecule has 1 unspecified atom stereocenters. The van der Waals surface area contributed by atoms with Gasteiger partial charge in [-0.3, -0.25) is 9.59 Å². The summed E-state index contributed by atoms with van der Waals surface area (Å²) in [6, 6.07) is 13.7. The molecule has 3 aromatic rings. The first kappa shape index (κ1) is 23.7. The molecule has 8 nitrogen and oxygen atoms in total. The summed E-state index contributed by atoms with van der Waals surface area (Å²) < 4.78 is 27.6. The minimum atomic E-state index is -4.37. The largest absolute Gasteiger partial charge is 0.351 e. The van der Waals surface area contributed by atoms with Gasteiger partial charge in [0, 0.05) is 23.8 Å². The second-order valence-electron chi connectivity index (χ2n) is 9.23. The Bertz CT molecular complexity index is 1390. The minimum Gasteiger partial charge on any atom is -0.351 e. The molecule has 0 spiro atoms. The standard InChI is InChI=1S/C25H28N4O4S/c1-16-7-9-18(10-8-16)20-12-11-19(22(27-20)29-15-13-17(2)25(29,3)4)23(30)28-34(32,33)21-6-5-14-26-24(21)31/h5-12,14,17H,13,15H2,1-4H3,(H,26,31)(H,28,30). The third-order valence-corrected chi connectivity index (χ3v) is 8.06. The summed E-state index contributed by atoms with van der Waals surface area (Å²) in [7, 11) is -4.37. The molecule has 0 bridgehead atoms. The van der Waals surface area contributed by atoms with E-state index in [9.17, 15) is 18.0 Å². The zero-order chi connectivity index (χ0) is 24.7. The lowest BCUT2D eigenvalue weighted by molar-refractivity contribution is 0.0981. The fourth-order valence-electron chi connectivity index (χ4n) is 4.18. The van der Waals surface area contributed by atoms with Crippen LogP contribution in [0.4, 0.5) is 5.82 Å². The molecular formula is C25H28N4O4S. The highest BCUT2D eigenvalue weighted by molar-refractivity contribution is 7.90. The zero-order valence-corrected chi connectivity index (χ0v) is 20.4. The number of sulfonamides is 1. The Hall–Kier alpha value is -3.46. The predicted octanol–water partition coefficient (Wildman–Crippen LogP) is 3.49. The highest BCUT2D eigenvalue weighted by atomic mass is 32.2. The van der Waals surface area contributed by atoms with Crippen LogP contribution in [-0.4, -0.2) is 36.4 Å². The molecule has 1 aromatic carbocycles. The van der Waals surface area contributed by atoms with Crippen molar-refractivity contribution in [3.05, 3.63) is 76.2 Å². The van der Waals surface area contributed by atoms with E-state index < -0.39 is 26.4 Å². The van der Waals surface area contributed by atoms with Gasteiger partial charge in [-0.25, -0.2) is 18.1 Å². The Morgan fingerprint density at radius 2 is 1.85 bits per heavy atom. The van der Waals surface area contributed by atoms with Crippen molar-refractivity contribution in [2.75, 3.05) is 11.4 Å². The first-order valence-corrected chi connectivity index (χ1v) is 12.6. The lowest BCUT2D eigenvalue weighted by Gasteiger charge is -2.36. The molecule has 0 aliphatic carbocycles. The summed E-state index contributed by atoms with van der Waals surface area (Å²) in [5.74, 6) is -0.0708. The van der Waals surface area contributed by atoms with E-state index in [1.165, 1.54) is 12.3 Å². The molecule has 1 aliphatic heterocycles. The maximum atomic E-state index is 13.2. The second kappa shape index (κ2) is 8.72. The van der Waals surface area contributed by atoms with Gasteiger partial charge >= 0.3 is 0 Å². The number of aromatic nitrogens is 2. The van der Waals surface area contributed by atoms with Crippen molar-refractivity contribution in [1.29, 1.82) is 0 Å². The Balaban J connectivity index is 1.78. The second-order valence-corrected chi connectivity index (χ2v) is 10.9. The normalized spacial score (nSPS) is 17.5. The molecule has 0 saturated carbocycles. The Morgan fingerprint density at radius 1 is 1.15 bits per heavy atom. The van der Waals surface area contributed by atoms with Crippen LogP contribution in [0, 0.1) is 12.8 Å². The maximum absolute atomic E-state index is 13.2. The molecule has 1 fully saturated rings. The predicted molar refractivity (Wildman–Crippen MR) is 131 cm³/mol. The number of carbonyl (C=O) groups excluding carboxylic acids is 1. The smallest absolute Gasteiger partial charge is 0.269 e. The summed E-state index contributed by atoms with van der Waals surface area (Å²) in [6.45, 7) is 9.02. The molecule has 1 aliphatic rings. The molecule has 1 saturated heterocycles. The van der Waals surface area contributed by atoms with E-state index in [1.54, 1.807) is 12.1 Å². The SMILES string of the molecule is Cc1ccc(-c2ccc(C(=O)NS(=O)(=O)c3ccc[nH]c3=O)c(N3CCC(C)C3(C)C)n2)cc1. The van der Waals surface area contributed by atoms with E-state index in [2.05, 4.69) is 30.7 Å². The number of aromatic amines is 1. The molecule has 4 rings (SSSR count). The van der Waals surface area contributed by atoms with E-state index in [-0.39, 0.29) is 11.1 Å². The van der Waals surface area contributed by atoms with Crippen LogP contribution >= 0.6 is 0 Å². The number of nitrogens with one attached hydrogen (secondary N) is 2. The molecule has 1 atom stereocenters. The van der Waals surface area contributed by atoms with E-state index in [0.717, 1.165) is 23.6 Å². The topological polar surface area (TPSA) is 112 Å². The van der Waals surface area contributed by atoms with Crippen LogP contribution in [0.5, 0.6) is 0 Å². The highest BCUT2D eigenvalue weighted by Gasteiger charge is 2.41. The van der Waals surface area contributed by atoms with Crippen LogP contribution in [0.3, 0.4) is 0 Å². The van der Waals surface area contributed by atoms with Gasteiger partial charge in [0.25, 0.3) is 21.5 Å². The molecule has 178 valence electrons. The van der Waals surface area contributed by atoms with Gasteiger partial charge in [-0.1, -0.05) is 36.8 Å². The van der Waals surface area contributed by atoms with Crippen LogP contribution in [0.2, 0.25) is 0 Å². The average molecular weight is 481 g/mol. The number of nitrogens with zero attached hydrogens (tertiary/aromatic N) is 2. The fourth-order valence-corrected chi connectivity index (χ4v) is 5.20. The van der Waals surface area contributed by atoms with Gasteiger partial charge in [0.15, 0.2) is 4.90 Å². The van der Waals surface area contributed by atoms with Gasteiger partial charge in [-0.15, -0.1) is 0 Å². The van der Waals surface area contributed by atoms with E-state index in [1.807, 2.05) is 35.9 Å². The zero-order valence-electron chi connectivity index (χ0n) is 19.6. The number of H-pyrrole nitrogens is 1. The van der Waals surface area contributed by atoms with Crippen LogP contribution in [0.25, 0.3) is 11.3 Å². The Kier molecular flexibility index (Phi) is 6.07. The summed E-state index contributed by atoms with van der Waals surface area (Å²) >= 11 is 0. The van der Waals surface area contributed by atoms with Crippen molar-refractivity contribution in [2.45, 2.75) is 44.6 Å². The van der Waals surface area contributed by atoms with Gasteiger partial charge < -0.3 is 9.88 Å². The fraction of sp³-hybridized carbons (Fsp3) is 0.320. The van der Waals surface area contributed by atoms with Gasteiger partial charge in [-0.05, 0) is 57.4 Å². The quantitative estimate of drug-likeness (QED) is 0.578. The molecule has 9 heteroatoms. The number of hydrogen-bond acceptors (Lipinski definition) is 6. The van der Waals surface area contributed by atoms with Gasteiger partial charge in [-0.2, -0.15) is 0 Å². The number of rotatable bonds is 5. The van der Waals surface area contributed by atoms with Crippen LogP contribution in [0.1, 0.15) is 43.1 Å². The summed E-state index contributed by atoms with van der Waals surface area (Å²) in [5, 5.41) is 0. The van der Waals surface area contributed by atoms with Crippen molar-refractivity contribution in [1.82, 2.24) is 14.7 Å². The Labute approximate surface area is 199 Å². The molecule has 2 N–H and O–H groups in total.